The quantitative estimate of drug-likeness (QED) is 0.605. The molecule has 0 aliphatic carbocycles. The van der Waals surface area contributed by atoms with Gasteiger partial charge in [-0.25, -0.2) is 8.42 Å². The van der Waals surface area contributed by atoms with Gasteiger partial charge in [0.2, 0.25) is 27.6 Å². The van der Waals surface area contributed by atoms with Gasteiger partial charge in [0.15, 0.2) is 0 Å². The number of hydrogen-bond donors (Lipinski definition) is 1. The van der Waals surface area contributed by atoms with E-state index in [-0.39, 0.29) is 25.5 Å². The maximum atomic E-state index is 12.3. The smallest absolute Gasteiger partial charge is 0.246 e. The second-order valence-electron chi connectivity index (χ2n) is 6.62. The molecule has 29 heavy (non-hydrogen) atoms. The monoisotopic (exact) mass is 414 g/mol. The van der Waals surface area contributed by atoms with E-state index < -0.39 is 15.9 Å². The molecule has 152 valence electrons. The van der Waals surface area contributed by atoms with Gasteiger partial charge in [0.25, 0.3) is 0 Å². The van der Waals surface area contributed by atoms with Crippen LogP contribution in [0.25, 0.3) is 11.4 Å². The number of aryl methyl sites for hydroxylation is 1. The van der Waals surface area contributed by atoms with Gasteiger partial charge in [0, 0.05) is 12.1 Å². The lowest BCUT2D eigenvalue weighted by atomic mass is 10.1. The number of rotatable bonds is 8. The molecule has 0 aliphatic rings. The average Bonchev–Trinajstić information content (AvgIpc) is 3.15. The summed E-state index contributed by atoms with van der Waals surface area (Å²) in [7, 11) is -3.56. The summed E-state index contributed by atoms with van der Waals surface area (Å²) in [6.07, 6.45) is 1.08. The Kier molecular flexibility index (Phi) is 6.40. The Morgan fingerprint density at radius 3 is 2.48 bits per heavy atom. The summed E-state index contributed by atoms with van der Waals surface area (Å²) in [6, 6.07) is 16.7. The van der Waals surface area contributed by atoms with Gasteiger partial charge >= 0.3 is 0 Å². The molecular weight excluding hydrogens is 392 g/mol. The van der Waals surface area contributed by atoms with Crippen molar-refractivity contribution >= 4 is 15.9 Å². The second kappa shape index (κ2) is 8.97. The van der Waals surface area contributed by atoms with Crippen LogP contribution in [0.4, 0.5) is 0 Å². The van der Waals surface area contributed by atoms with E-state index >= 15 is 0 Å². The van der Waals surface area contributed by atoms with Gasteiger partial charge in [-0.3, -0.25) is 4.79 Å². The Hall–Kier alpha value is -3.04. The fourth-order valence-corrected chi connectivity index (χ4v) is 3.46. The predicted octanol–water partition coefficient (Wildman–Crippen LogP) is 2.12. The Morgan fingerprint density at radius 1 is 1.10 bits per heavy atom. The van der Waals surface area contributed by atoms with E-state index in [0.717, 1.165) is 27.3 Å². The average molecular weight is 414 g/mol. The predicted molar refractivity (Wildman–Crippen MR) is 108 cm³/mol. The first-order valence-corrected chi connectivity index (χ1v) is 10.8. The fourth-order valence-electron chi connectivity index (χ4n) is 2.73. The summed E-state index contributed by atoms with van der Waals surface area (Å²) >= 11 is 0. The first-order valence-electron chi connectivity index (χ1n) is 8.97. The van der Waals surface area contributed by atoms with E-state index in [1.807, 2.05) is 61.5 Å². The minimum absolute atomic E-state index is 0.0145. The Bertz CT molecular complexity index is 1080. The minimum Gasteiger partial charge on any atom is -0.346 e. The van der Waals surface area contributed by atoms with Crippen molar-refractivity contribution in [3.05, 3.63) is 71.6 Å². The summed E-state index contributed by atoms with van der Waals surface area (Å²) in [5.41, 5.74) is 2.65. The third-order valence-electron chi connectivity index (χ3n) is 4.28. The van der Waals surface area contributed by atoms with Crippen LogP contribution in [-0.2, 0) is 27.9 Å². The van der Waals surface area contributed by atoms with Crippen molar-refractivity contribution in [3.8, 4) is 11.4 Å². The van der Waals surface area contributed by atoms with Crippen molar-refractivity contribution in [2.24, 2.45) is 0 Å². The molecule has 0 spiro atoms. The van der Waals surface area contributed by atoms with Crippen LogP contribution in [0.1, 0.15) is 17.0 Å². The Balaban J connectivity index is 1.60. The van der Waals surface area contributed by atoms with E-state index in [0.29, 0.717) is 5.82 Å². The SMILES string of the molecule is Cc1ccccc1-c1noc(CNC(=O)CN(Cc2ccccc2)S(C)(=O)=O)n1. The summed E-state index contributed by atoms with van der Waals surface area (Å²) in [4.78, 5) is 16.6. The second-order valence-corrected chi connectivity index (χ2v) is 8.60. The van der Waals surface area contributed by atoms with E-state index in [4.69, 9.17) is 4.52 Å². The van der Waals surface area contributed by atoms with Gasteiger partial charge in [0.05, 0.1) is 19.3 Å². The van der Waals surface area contributed by atoms with Crippen LogP contribution in [0.5, 0.6) is 0 Å². The van der Waals surface area contributed by atoms with Gasteiger partial charge < -0.3 is 9.84 Å². The van der Waals surface area contributed by atoms with Crippen molar-refractivity contribution in [2.75, 3.05) is 12.8 Å². The van der Waals surface area contributed by atoms with E-state index in [1.165, 1.54) is 0 Å². The number of hydrogen-bond acceptors (Lipinski definition) is 6. The lowest BCUT2D eigenvalue weighted by Crippen LogP contribution is -2.39. The molecular formula is C20H22N4O4S. The normalized spacial score (nSPS) is 11.6. The minimum atomic E-state index is -3.56. The van der Waals surface area contributed by atoms with Crippen molar-refractivity contribution in [1.82, 2.24) is 19.8 Å². The number of amides is 1. The van der Waals surface area contributed by atoms with E-state index in [1.54, 1.807) is 0 Å². The molecule has 1 amide bonds. The third kappa shape index (κ3) is 5.72. The van der Waals surface area contributed by atoms with Crippen LogP contribution in [0.15, 0.2) is 59.1 Å². The van der Waals surface area contributed by atoms with Crippen LogP contribution >= 0.6 is 0 Å². The molecule has 3 aromatic rings. The molecule has 2 aromatic carbocycles. The molecule has 0 fully saturated rings. The van der Waals surface area contributed by atoms with Gasteiger partial charge in [-0.2, -0.15) is 9.29 Å². The van der Waals surface area contributed by atoms with Crippen molar-refractivity contribution in [1.29, 1.82) is 0 Å². The Labute approximate surface area is 169 Å². The molecule has 0 saturated carbocycles. The molecule has 0 saturated heterocycles. The van der Waals surface area contributed by atoms with E-state index in [9.17, 15) is 13.2 Å². The first kappa shape index (κ1) is 20.7. The van der Waals surface area contributed by atoms with Gasteiger partial charge in [-0.1, -0.05) is 59.8 Å². The Morgan fingerprint density at radius 2 is 1.79 bits per heavy atom. The molecule has 0 aliphatic heterocycles. The van der Waals surface area contributed by atoms with Crippen LogP contribution in [0, 0.1) is 6.92 Å². The maximum Gasteiger partial charge on any atom is 0.246 e. The largest absolute Gasteiger partial charge is 0.346 e. The number of sulfonamides is 1. The highest BCUT2D eigenvalue weighted by atomic mass is 32.2. The summed E-state index contributed by atoms with van der Waals surface area (Å²) in [5, 5.41) is 6.56. The fraction of sp³-hybridized carbons (Fsp3) is 0.250. The van der Waals surface area contributed by atoms with Crippen molar-refractivity contribution < 1.29 is 17.7 Å². The lowest BCUT2D eigenvalue weighted by molar-refractivity contribution is -0.121. The highest BCUT2D eigenvalue weighted by molar-refractivity contribution is 7.88. The third-order valence-corrected chi connectivity index (χ3v) is 5.48. The number of aromatic nitrogens is 2. The zero-order chi connectivity index (χ0) is 20.9. The standard InChI is InChI=1S/C20H22N4O4S/c1-15-8-6-7-11-17(15)20-22-19(28-23-20)12-21-18(25)14-24(29(2,26)27)13-16-9-4-3-5-10-16/h3-11H,12-14H2,1-2H3,(H,21,25). The molecule has 8 nitrogen and oxygen atoms in total. The maximum absolute atomic E-state index is 12.3. The van der Waals surface area contributed by atoms with Crippen molar-refractivity contribution in [2.45, 2.75) is 20.0 Å². The molecule has 1 heterocycles. The molecule has 1 aromatic heterocycles. The highest BCUT2D eigenvalue weighted by Gasteiger charge is 2.21. The number of benzene rings is 2. The molecule has 9 heteroatoms. The van der Waals surface area contributed by atoms with Crippen molar-refractivity contribution in [3.63, 3.8) is 0 Å². The summed E-state index contributed by atoms with van der Waals surface area (Å²) in [5.74, 6) is 0.224. The first-order chi connectivity index (χ1) is 13.8. The molecule has 3 rings (SSSR count). The van der Waals surface area contributed by atoms with E-state index in [2.05, 4.69) is 15.5 Å². The molecule has 0 atom stereocenters. The van der Waals surface area contributed by atoms with Crippen LogP contribution in [-0.4, -0.2) is 41.6 Å². The highest BCUT2D eigenvalue weighted by Crippen LogP contribution is 2.19. The zero-order valence-corrected chi connectivity index (χ0v) is 17.0. The van der Waals surface area contributed by atoms with Gasteiger partial charge in [-0.05, 0) is 18.1 Å². The van der Waals surface area contributed by atoms with Crippen LogP contribution < -0.4 is 5.32 Å². The number of carbonyl (C=O) groups excluding carboxylic acids is 1. The van der Waals surface area contributed by atoms with Crippen LogP contribution in [0.3, 0.4) is 0 Å². The number of nitrogens with one attached hydrogen (secondary N) is 1. The zero-order valence-electron chi connectivity index (χ0n) is 16.2. The number of nitrogens with zero attached hydrogens (tertiary/aromatic N) is 3. The molecule has 1 N–H and O–H groups in total. The van der Waals surface area contributed by atoms with Gasteiger partial charge in [0.1, 0.15) is 0 Å². The molecule has 0 bridgehead atoms. The molecule has 0 unspecified atom stereocenters. The van der Waals surface area contributed by atoms with Gasteiger partial charge in [-0.15, -0.1) is 0 Å². The molecule has 0 radical (unpaired) electrons. The summed E-state index contributed by atoms with van der Waals surface area (Å²) in [6.45, 7) is 1.78. The topological polar surface area (TPSA) is 105 Å². The lowest BCUT2D eigenvalue weighted by Gasteiger charge is -2.19. The summed E-state index contributed by atoms with van der Waals surface area (Å²) < 4.78 is 30.4. The number of carbonyl (C=O) groups is 1. The van der Waals surface area contributed by atoms with Crippen LogP contribution in [0.2, 0.25) is 0 Å².